The Morgan fingerprint density at radius 2 is 1.75 bits per heavy atom. The van der Waals surface area contributed by atoms with Gasteiger partial charge in [-0.25, -0.2) is 0 Å². The maximum Gasteiger partial charge on any atom is 0.0602 e. The Balaban J connectivity index is 2.52. The molecular formula is C14H22OS. The number of hydrogen-bond acceptors (Lipinski definition) is 2. The monoisotopic (exact) mass is 238 g/mol. The van der Waals surface area contributed by atoms with Crippen LogP contribution in [0.15, 0.2) is 24.3 Å². The second-order valence-electron chi connectivity index (χ2n) is 5.31. The molecule has 1 unspecified atom stereocenters. The Morgan fingerprint density at radius 1 is 1.19 bits per heavy atom. The molecule has 0 amide bonds. The molecule has 0 heterocycles. The van der Waals surface area contributed by atoms with E-state index < -0.39 is 0 Å². The largest absolute Gasteiger partial charge is 0.393 e. The van der Waals surface area contributed by atoms with Crippen molar-refractivity contribution in [3.63, 3.8) is 0 Å². The average Bonchev–Trinajstić information content (AvgIpc) is 2.16. The van der Waals surface area contributed by atoms with Gasteiger partial charge in [0.2, 0.25) is 0 Å². The fraction of sp³-hybridized carbons (Fsp3) is 0.571. The lowest BCUT2D eigenvalue weighted by Crippen LogP contribution is -2.10. The summed E-state index contributed by atoms with van der Waals surface area (Å²) >= 11 is 1.78. The first-order chi connectivity index (χ1) is 7.39. The molecule has 0 fully saturated rings. The number of hydrogen-bond donors (Lipinski definition) is 1. The molecule has 1 aromatic carbocycles. The number of aliphatic hydroxyl groups is 1. The highest BCUT2D eigenvalue weighted by Crippen LogP contribution is 2.23. The van der Waals surface area contributed by atoms with Crippen LogP contribution in [0.5, 0.6) is 0 Å². The van der Waals surface area contributed by atoms with E-state index in [2.05, 4.69) is 45.0 Å². The van der Waals surface area contributed by atoms with E-state index in [1.54, 1.807) is 11.8 Å². The summed E-state index contributed by atoms with van der Waals surface area (Å²) in [6.45, 7) is 8.51. The summed E-state index contributed by atoms with van der Waals surface area (Å²) in [7, 11) is 0. The van der Waals surface area contributed by atoms with Crippen molar-refractivity contribution >= 4 is 11.8 Å². The molecule has 1 atom stereocenters. The maximum absolute atomic E-state index is 9.16. The van der Waals surface area contributed by atoms with Gasteiger partial charge in [-0.15, -0.1) is 0 Å². The summed E-state index contributed by atoms with van der Waals surface area (Å²) < 4.78 is 0. The smallest absolute Gasteiger partial charge is 0.0602 e. The third-order valence-corrected chi connectivity index (χ3v) is 3.70. The molecule has 0 aliphatic heterocycles. The first-order valence-corrected chi connectivity index (χ1v) is 6.90. The van der Waals surface area contributed by atoms with Crippen molar-refractivity contribution in [3.8, 4) is 0 Å². The second-order valence-corrected chi connectivity index (χ2v) is 6.34. The molecule has 0 saturated carbocycles. The van der Waals surface area contributed by atoms with E-state index in [0.29, 0.717) is 0 Å². The van der Waals surface area contributed by atoms with Crippen LogP contribution < -0.4 is 0 Å². The summed E-state index contributed by atoms with van der Waals surface area (Å²) in [6.07, 6.45) is -0.209. The quantitative estimate of drug-likeness (QED) is 0.865. The Kier molecular flexibility index (Phi) is 4.88. The van der Waals surface area contributed by atoms with Gasteiger partial charge in [-0.2, -0.15) is 11.8 Å². The third kappa shape index (κ3) is 4.58. The van der Waals surface area contributed by atoms with Crippen molar-refractivity contribution in [3.05, 3.63) is 35.4 Å². The molecule has 2 heteroatoms. The molecular weight excluding hydrogens is 216 g/mol. The van der Waals surface area contributed by atoms with Gasteiger partial charge in [0.05, 0.1) is 6.10 Å². The first-order valence-electron chi connectivity index (χ1n) is 5.75. The fourth-order valence-electron chi connectivity index (χ4n) is 1.45. The minimum Gasteiger partial charge on any atom is -0.393 e. The molecule has 16 heavy (non-hydrogen) atoms. The topological polar surface area (TPSA) is 20.2 Å². The van der Waals surface area contributed by atoms with E-state index in [0.717, 1.165) is 11.5 Å². The molecule has 0 spiro atoms. The van der Waals surface area contributed by atoms with Gasteiger partial charge >= 0.3 is 0 Å². The molecule has 1 N–H and O–H groups in total. The van der Waals surface area contributed by atoms with E-state index in [9.17, 15) is 0 Å². The SMILES string of the molecule is CC(O)CSCc1ccc(C(C)(C)C)cc1. The number of thioether (sulfide) groups is 1. The highest BCUT2D eigenvalue weighted by Gasteiger charge is 2.12. The van der Waals surface area contributed by atoms with Crippen LogP contribution in [0.1, 0.15) is 38.8 Å². The van der Waals surface area contributed by atoms with Crippen molar-refractivity contribution in [1.82, 2.24) is 0 Å². The van der Waals surface area contributed by atoms with E-state index in [-0.39, 0.29) is 11.5 Å². The van der Waals surface area contributed by atoms with Gasteiger partial charge in [0.1, 0.15) is 0 Å². The van der Waals surface area contributed by atoms with Crippen LogP contribution in [-0.2, 0) is 11.2 Å². The summed E-state index contributed by atoms with van der Waals surface area (Å²) in [5.74, 6) is 1.79. The molecule has 0 bridgehead atoms. The molecule has 0 aliphatic carbocycles. The van der Waals surface area contributed by atoms with Gasteiger partial charge in [-0.3, -0.25) is 0 Å². The second kappa shape index (κ2) is 5.74. The molecule has 0 aliphatic rings. The third-order valence-electron chi connectivity index (χ3n) is 2.45. The Morgan fingerprint density at radius 3 is 2.19 bits per heavy atom. The van der Waals surface area contributed by atoms with Crippen molar-refractivity contribution in [2.45, 2.75) is 45.0 Å². The zero-order valence-electron chi connectivity index (χ0n) is 10.7. The van der Waals surface area contributed by atoms with Crippen LogP contribution in [0, 0.1) is 0 Å². The number of benzene rings is 1. The van der Waals surface area contributed by atoms with Crippen molar-refractivity contribution in [1.29, 1.82) is 0 Å². The summed E-state index contributed by atoms with van der Waals surface area (Å²) in [4.78, 5) is 0. The van der Waals surface area contributed by atoms with Crippen LogP contribution in [-0.4, -0.2) is 17.0 Å². The Labute approximate surface area is 103 Å². The Hall–Kier alpha value is -0.470. The highest BCUT2D eigenvalue weighted by atomic mass is 32.2. The van der Waals surface area contributed by atoms with E-state index in [1.807, 2.05) is 6.92 Å². The molecule has 0 aromatic heterocycles. The zero-order chi connectivity index (χ0) is 12.2. The molecule has 90 valence electrons. The lowest BCUT2D eigenvalue weighted by Gasteiger charge is -2.19. The van der Waals surface area contributed by atoms with Crippen LogP contribution in [0.3, 0.4) is 0 Å². The normalized spacial score (nSPS) is 13.8. The van der Waals surface area contributed by atoms with Crippen LogP contribution in [0.25, 0.3) is 0 Å². The molecule has 0 radical (unpaired) electrons. The zero-order valence-corrected chi connectivity index (χ0v) is 11.5. The van der Waals surface area contributed by atoms with Crippen LogP contribution in [0.2, 0.25) is 0 Å². The minimum absolute atomic E-state index is 0.209. The first kappa shape index (κ1) is 13.6. The highest BCUT2D eigenvalue weighted by molar-refractivity contribution is 7.98. The van der Waals surface area contributed by atoms with E-state index >= 15 is 0 Å². The predicted molar refractivity (Wildman–Crippen MR) is 73.0 cm³/mol. The van der Waals surface area contributed by atoms with Crippen molar-refractivity contribution in [2.24, 2.45) is 0 Å². The number of aliphatic hydroxyl groups excluding tert-OH is 1. The van der Waals surface area contributed by atoms with Crippen LogP contribution in [0.4, 0.5) is 0 Å². The molecule has 1 nitrogen and oxygen atoms in total. The summed E-state index contributed by atoms with van der Waals surface area (Å²) in [5.41, 5.74) is 2.93. The molecule has 0 saturated heterocycles. The fourth-order valence-corrected chi connectivity index (χ4v) is 2.34. The lowest BCUT2D eigenvalue weighted by molar-refractivity contribution is 0.220. The van der Waals surface area contributed by atoms with Crippen molar-refractivity contribution < 1.29 is 5.11 Å². The van der Waals surface area contributed by atoms with Gasteiger partial charge in [-0.1, -0.05) is 45.0 Å². The molecule has 1 rings (SSSR count). The van der Waals surface area contributed by atoms with Crippen molar-refractivity contribution in [2.75, 3.05) is 5.75 Å². The number of rotatable bonds is 4. The van der Waals surface area contributed by atoms with E-state index in [4.69, 9.17) is 5.11 Å². The van der Waals surface area contributed by atoms with Gasteiger partial charge < -0.3 is 5.11 Å². The Bertz CT molecular complexity index is 309. The minimum atomic E-state index is -0.209. The summed E-state index contributed by atoms with van der Waals surface area (Å²) in [5, 5.41) is 9.16. The van der Waals surface area contributed by atoms with Gasteiger partial charge in [-0.05, 0) is 23.5 Å². The van der Waals surface area contributed by atoms with Gasteiger partial charge in [0, 0.05) is 11.5 Å². The predicted octanol–water partition coefficient (Wildman–Crippen LogP) is 3.60. The van der Waals surface area contributed by atoms with Gasteiger partial charge in [0.15, 0.2) is 0 Å². The maximum atomic E-state index is 9.16. The lowest BCUT2D eigenvalue weighted by atomic mass is 9.87. The summed E-state index contributed by atoms with van der Waals surface area (Å²) in [6, 6.07) is 8.79. The molecule has 1 aromatic rings. The van der Waals surface area contributed by atoms with Crippen LogP contribution >= 0.6 is 11.8 Å². The standard InChI is InChI=1S/C14H22OS/c1-11(15)9-16-10-12-5-7-13(8-6-12)14(2,3)4/h5-8,11,15H,9-10H2,1-4H3. The van der Waals surface area contributed by atoms with E-state index in [1.165, 1.54) is 11.1 Å². The van der Waals surface area contributed by atoms with Gasteiger partial charge in [0.25, 0.3) is 0 Å². The average molecular weight is 238 g/mol.